The van der Waals surface area contributed by atoms with Gasteiger partial charge in [0.05, 0.1) is 10.0 Å². The maximum absolute atomic E-state index is 12.8. The summed E-state index contributed by atoms with van der Waals surface area (Å²) >= 11 is 3.31. The molecule has 1 aromatic heterocycles. The van der Waals surface area contributed by atoms with E-state index in [0.29, 0.717) is 10.2 Å². The van der Waals surface area contributed by atoms with Gasteiger partial charge in [0.2, 0.25) is 5.88 Å². The van der Waals surface area contributed by atoms with E-state index in [4.69, 9.17) is 4.74 Å². The Kier molecular flexibility index (Phi) is 4.41. The first-order valence-corrected chi connectivity index (χ1v) is 6.80. The van der Waals surface area contributed by atoms with Crippen LogP contribution in [0, 0.1) is 6.92 Å². The molecule has 0 saturated heterocycles. The number of aryl methyl sites for hydroxylation is 1. The predicted octanol–water partition coefficient (Wildman–Crippen LogP) is 5.01. The van der Waals surface area contributed by atoms with Crippen molar-refractivity contribution in [3.8, 4) is 11.6 Å². The highest BCUT2D eigenvalue weighted by Gasteiger charge is 2.32. The summed E-state index contributed by atoms with van der Waals surface area (Å²) in [6.07, 6.45) is -4.46. The molecule has 1 heterocycles. The third kappa shape index (κ3) is 3.87. The van der Waals surface area contributed by atoms with Crippen molar-refractivity contribution in [2.75, 3.05) is 12.4 Å². The predicted molar refractivity (Wildman–Crippen MR) is 77.7 cm³/mol. The Balaban J connectivity index is 2.39. The molecule has 1 aromatic carbocycles. The van der Waals surface area contributed by atoms with Crippen LogP contribution in [0.1, 0.15) is 11.1 Å². The normalized spacial score (nSPS) is 11.3. The third-order valence-electron chi connectivity index (χ3n) is 2.69. The zero-order valence-electron chi connectivity index (χ0n) is 11.3. The highest BCUT2D eigenvalue weighted by atomic mass is 79.9. The summed E-state index contributed by atoms with van der Waals surface area (Å²) in [5.41, 5.74) is 0.183. The summed E-state index contributed by atoms with van der Waals surface area (Å²) in [6.45, 7) is 1.90. The number of halogens is 4. The molecule has 1 N–H and O–H groups in total. The molecule has 2 aromatic rings. The van der Waals surface area contributed by atoms with Crippen molar-refractivity contribution in [2.45, 2.75) is 13.1 Å². The zero-order chi connectivity index (χ0) is 15.6. The highest BCUT2D eigenvalue weighted by molar-refractivity contribution is 9.10. The van der Waals surface area contributed by atoms with Crippen LogP contribution in [0.15, 0.2) is 34.8 Å². The minimum Gasteiger partial charge on any atom is -0.438 e. The fourth-order valence-corrected chi connectivity index (χ4v) is 2.22. The second-order valence-electron chi connectivity index (χ2n) is 4.36. The van der Waals surface area contributed by atoms with E-state index in [2.05, 4.69) is 26.2 Å². The van der Waals surface area contributed by atoms with Crippen molar-refractivity contribution < 1.29 is 17.9 Å². The first-order valence-electron chi connectivity index (χ1n) is 6.00. The standard InChI is InChI=1S/C14H12BrF3N2O/c1-8-3-4-11(10(15)5-8)21-13-7-9(14(16,17)18)6-12(19-2)20-13/h3-7H,1-2H3,(H,19,20). The van der Waals surface area contributed by atoms with Crippen LogP contribution in [-0.2, 0) is 6.18 Å². The van der Waals surface area contributed by atoms with Crippen molar-refractivity contribution in [1.29, 1.82) is 0 Å². The minimum atomic E-state index is -4.46. The molecule has 112 valence electrons. The third-order valence-corrected chi connectivity index (χ3v) is 3.31. The molecule has 0 saturated carbocycles. The fourth-order valence-electron chi connectivity index (χ4n) is 1.65. The number of ether oxygens (including phenoxy) is 1. The Labute approximate surface area is 128 Å². The molecule has 0 radical (unpaired) electrons. The topological polar surface area (TPSA) is 34.1 Å². The monoisotopic (exact) mass is 360 g/mol. The van der Waals surface area contributed by atoms with Crippen LogP contribution in [0.4, 0.5) is 19.0 Å². The van der Waals surface area contributed by atoms with Gasteiger partial charge in [0.25, 0.3) is 0 Å². The number of nitrogens with one attached hydrogen (secondary N) is 1. The number of hydrogen-bond acceptors (Lipinski definition) is 3. The van der Waals surface area contributed by atoms with Crippen LogP contribution in [-0.4, -0.2) is 12.0 Å². The molecule has 0 unspecified atom stereocenters. The largest absolute Gasteiger partial charge is 0.438 e. The summed E-state index contributed by atoms with van der Waals surface area (Å²) in [6, 6.07) is 7.07. The molecule has 0 bridgehead atoms. The average Bonchev–Trinajstić information content (AvgIpc) is 2.40. The first-order chi connectivity index (χ1) is 9.79. The molecule has 0 aliphatic heterocycles. The van der Waals surface area contributed by atoms with Crippen LogP contribution in [0.3, 0.4) is 0 Å². The van der Waals surface area contributed by atoms with Gasteiger partial charge in [-0.1, -0.05) is 6.07 Å². The summed E-state index contributed by atoms with van der Waals surface area (Å²) < 4.78 is 44.6. The maximum atomic E-state index is 12.8. The second-order valence-corrected chi connectivity index (χ2v) is 5.22. The average molecular weight is 361 g/mol. The molecule has 0 amide bonds. The van der Waals surface area contributed by atoms with Crippen LogP contribution in [0.2, 0.25) is 0 Å². The van der Waals surface area contributed by atoms with Gasteiger partial charge in [-0.25, -0.2) is 0 Å². The van der Waals surface area contributed by atoms with Gasteiger partial charge in [-0.3, -0.25) is 0 Å². The molecule has 0 spiro atoms. The molecular formula is C14H12BrF3N2O. The van der Waals surface area contributed by atoms with E-state index in [1.807, 2.05) is 13.0 Å². The lowest BCUT2D eigenvalue weighted by Crippen LogP contribution is -2.07. The van der Waals surface area contributed by atoms with Gasteiger partial charge in [-0.2, -0.15) is 18.2 Å². The lowest BCUT2D eigenvalue weighted by molar-refractivity contribution is -0.137. The lowest BCUT2D eigenvalue weighted by Gasteiger charge is -2.12. The Morgan fingerprint density at radius 1 is 1.19 bits per heavy atom. The SMILES string of the molecule is CNc1cc(C(F)(F)F)cc(Oc2ccc(C)cc2Br)n1. The number of alkyl halides is 3. The van der Waals surface area contributed by atoms with Crippen molar-refractivity contribution in [3.05, 3.63) is 45.9 Å². The van der Waals surface area contributed by atoms with Crippen molar-refractivity contribution in [3.63, 3.8) is 0 Å². The molecule has 0 aliphatic rings. The van der Waals surface area contributed by atoms with Gasteiger partial charge in [0.15, 0.2) is 0 Å². The Morgan fingerprint density at radius 3 is 2.48 bits per heavy atom. The Hall–Kier alpha value is -1.76. The van der Waals surface area contributed by atoms with E-state index in [9.17, 15) is 13.2 Å². The van der Waals surface area contributed by atoms with Crippen LogP contribution >= 0.6 is 15.9 Å². The van der Waals surface area contributed by atoms with E-state index in [1.165, 1.54) is 7.05 Å². The second kappa shape index (κ2) is 5.93. The summed E-state index contributed by atoms with van der Waals surface area (Å²) in [4.78, 5) is 3.97. The molecule has 3 nitrogen and oxygen atoms in total. The van der Waals surface area contributed by atoms with Crippen molar-refractivity contribution >= 4 is 21.7 Å². The van der Waals surface area contributed by atoms with Crippen LogP contribution in [0.25, 0.3) is 0 Å². The van der Waals surface area contributed by atoms with Gasteiger partial charge in [0, 0.05) is 13.1 Å². The van der Waals surface area contributed by atoms with Gasteiger partial charge in [-0.05, 0) is 46.6 Å². The van der Waals surface area contributed by atoms with Crippen LogP contribution in [0.5, 0.6) is 11.6 Å². The number of anilines is 1. The van der Waals surface area contributed by atoms with Gasteiger partial charge in [-0.15, -0.1) is 0 Å². The van der Waals surface area contributed by atoms with Crippen molar-refractivity contribution in [2.24, 2.45) is 0 Å². The smallest absolute Gasteiger partial charge is 0.416 e. The number of aromatic nitrogens is 1. The minimum absolute atomic E-state index is 0.0862. The highest BCUT2D eigenvalue weighted by Crippen LogP contribution is 2.35. The van der Waals surface area contributed by atoms with E-state index >= 15 is 0 Å². The molecule has 0 fully saturated rings. The maximum Gasteiger partial charge on any atom is 0.416 e. The summed E-state index contributed by atoms with van der Waals surface area (Å²) in [5.74, 6) is 0.358. The lowest BCUT2D eigenvalue weighted by atomic mass is 10.2. The van der Waals surface area contributed by atoms with E-state index < -0.39 is 11.7 Å². The number of hydrogen-bond donors (Lipinski definition) is 1. The van der Waals surface area contributed by atoms with E-state index in [0.717, 1.165) is 17.7 Å². The molecule has 0 atom stereocenters. The van der Waals surface area contributed by atoms with Crippen LogP contribution < -0.4 is 10.1 Å². The van der Waals surface area contributed by atoms with Gasteiger partial charge < -0.3 is 10.1 Å². The Morgan fingerprint density at radius 2 is 1.90 bits per heavy atom. The van der Waals surface area contributed by atoms with Gasteiger partial charge >= 0.3 is 6.18 Å². The number of rotatable bonds is 3. The number of benzene rings is 1. The molecule has 2 rings (SSSR count). The van der Waals surface area contributed by atoms with Crippen molar-refractivity contribution in [1.82, 2.24) is 4.98 Å². The first kappa shape index (κ1) is 15.6. The molecule has 0 aliphatic carbocycles. The fraction of sp³-hybridized carbons (Fsp3) is 0.214. The number of nitrogens with zero attached hydrogens (tertiary/aromatic N) is 1. The van der Waals surface area contributed by atoms with Gasteiger partial charge in [0.1, 0.15) is 11.6 Å². The zero-order valence-corrected chi connectivity index (χ0v) is 12.8. The Bertz CT molecular complexity index is 659. The summed E-state index contributed by atoms with van der Waals surface area (Å²) in [5, 5.41) is 2.59. The number of pyridine rings is 1. The van der Waals surface area contributed by atoms with E-state index in [-0.39, 0.29) is 11.7 Å². The molecule has 7 heteroatoms. The summed E-state index contributed by atoms with van der Waals surface area (Å²) in [7, 11) is 1.49. The quantitative estimate of drug-likeness (QED) is 0.835. The molecular weight excluding hydrogens is 349 g/mol. The van der Waals surface area contributed by atoms with E-state index in [1.54, 1.807) is 12.1 Å². The molecule has 21 heavy (non-hydrogen) atoms.